The standard InChI is InChI=1S/C33H21N5.C2H3N.2ClHO4.Fe/c1-8-22-10-6-20-34-32(22)24(12-1)26-14-3-16-28(36-26)30-18-5-19-31(38-30)29-17-4-15-27(37-29)25-13-2-9-23-11-7-21-35-33(23)25;1-2-3;2*2-1(3,4)5;/h1-21H;1H3;2*(H,2,3,4,5);/q;;;;+2/p-2. The summed E-state index contributed by atoms with van der Waals surface area (Å²) in [7, 11) is -9.89. The van der Waals surface area contributed by atoms with E-state index in [4.69, 9.17) is 57.5 Å². The van der Waals surface area contributed by atoms with Gasteiger partial charge in [-0.25, -0.2) is 52.2 Å². The van der Waals surface area contributed by atoms with E-state index in [1.165, 1.54) is 6.92 Å². The first-order valence-corrected chi connectivity index (χ1v) is 16.9. The van der Waals surface area contributed by atoms with Gasteiger partial charge in [-0.2, -0.15) is 5.26 Å². The van der Waals surface area contributed by atoms with E-state index in [-0.39, 0.29) is 17.1 Å². The fourth-order valence-electron chi connectivity index (χ4n) is 4.80. The van der Waals surface area contributed by atoms with E-state index in [1.807, 2.05) is 91.3 Å². The van der Waals surface area contributed by atoms with E-state index < -0.39 is 20.5 Å². The molecule has 5 heterocycles. The molecule has 0 fully saturated rings. The number of nitrogens with zero attached hydrogens (tertiary/aromatic N) is 6. The van der Waals surface area contributed by atoms with Crippen molar-refractivity contribution in [2.75, 3.05) is 0 Å². The largest absolute Gasteiger partial charge is 2.00 e. The SMILES string of the molecule is CC#N.[Fe+2].[O-][Cl+3]([O-])([O-])[O-].[O-][Cl+3]([O-])([O-])[O-].c1cc(-c2cccc(-c3cccc4cccnc34)n2)nc(-c2cccc(-c3cccc4cccnc34)n2)c1. The van der Waals surface area contributed by atoms with Gasteiger partial charge in [0.05, 0.1) is 51.3 Å². The second kappa shape index (κ2) is 19.0. The summed E-state index contributed by atoms with van der Waals surface area (Å²) in [6.45, 7) is 1.43. The number of aromatic nitrogens is 5. The summed E-state index contributed by atoms with van der Waals surface area (Å²) >= 11 is 0. The van der Waals surface area contributed by atoms with Crippen LogP contribution in [0.4, 0.5) is 0 Å². The Morgan fingerprint density at radius 2 is 0.692 bits per heavy atom. The van der Waals surface area contributed by atoms with Gasteiger partial charge >= 0.3 is 17.1 Å². The first-order valence-electron chi connectivity index (χ1n) is 14.4. The van der Waals surface area contributed by atoms with Crippen molar-refractivity contribution in [2.24, 2.45) is 0 Å². The van der Waals surface area contributed by atoms with Gasteiger partial charge in [-0.1, -0.05) is 66.7 Å². The van der Waals surface area contributed by atoms with Gasteiger partial charge < -0.3 is 0 Å². The fourth-order valence-corrected chi connectivity index (χ4v) is 4.80. The molecule has 0 spiro atoms. The smallest absolute Gasteiger partial charge is 0.256 e. The van der Waals surface area contributed by atoms with Crippen molar-refractivity contribution in [2.45, 2.75) is 6.92 Å². The molecule has 0 unspecified atom stereocenters. The molecular weight excluding hydrogens is 759 g/mol. The van der Waals surface area contributed by atoms with Crippen molar-refractivity contribution in [3.8, 4) is 51.4 Å². The zero-order valence-electron chi connectivity index (χ0n) is 26.7. The molecular formula is C35H24Cl2FeN6O8. The third-order valence-corrected chi connectivity index (χ3v) is 6.59. The van der Waals surface area contributed by atoms with Crippen molar-refractivity contribution in [3.63, 3.8) is 0 Å². The van der Waals surface area contributed by atoms with Crippen molar-refractivity contribution in [3.05, 3.63) is 128 Å². The molecule has 0 bridgehead atoms. The number of hydrogen-bond donors (Lipinski definition) is 0. The summed E-state index contributed by atoms with van der Waals surface area (Å²) in [6, 6.07) is 40.1. The van der Waals surface area contributed by atoms with Crippen LogP contribution in [0.25, 0.3) is 67.1 Å². The molecule has 17 heteroatoms. The Morgan fingerprint density at radius 3 is 1.02 bits per heavy atom. The van der Waals surface area contributed by atoms with Gasteiger partial charge in [0, 0.05) is 41.2 Å². The fraction of sp³-hybridized carbons (Fsp3) is 0.0286. The van der Waals surface area contributed by atoms with E-state index in [2.05, 4.69) is 46.4 Å². The van der Waals surface area contributed by atoms with Crippen LogP contribution in [0.5, 0.6) is 0 Å². The molecule has 0 saturated carbocycles. The minimum atomic E-state index is -4.94. The number of nitriles is 1. The quantitative estimate of drug-likeness (QED) is 0.187. The van der Waals surface area contributed by atoms with Crippen molar-refractivity contribution in [1.82, 2.24) is 24.9 Å². The first kappa shape index (κ1) is 41.4. The van der Waals surface area contributed by atoms with Crippen LogP contribution in [0.1, 0.15) is 6.92 Å². The summed E-state index contributed by atoms with van der Waals surface area (Å²) in [5.74, 6) is 0. The number of pyridine rings is 5. The molecule has 2 aromatic carbocycles. The number of benzene rings is 2. The number of hydrogen-bond acceptors (Lipinski definition) is 14. The molecule has 0 aliphatic rings. The number of para-hydroxylation sites is 2. The van der Waals surface area contributed by atoms with Crippen molar-refractivity contribution in [1.29, 1.82) is 5.26 Å². The minimum absolute atomic E-state index is 0. The van der Waals surface area contributed by atoms with Gasteiger partial charge in [-0.05, 0) is 48.5 Å². The number of rotatable bonds is 4. The van der Waals surface area contributed by atoms with Crippen LogP contribution in [-0.4, -0.2) is 24.9 Å². The Hall–Kier alpha value is -5.02. The third kappa shape index (κ3) is 12.6. The molecule has 0 saturated heterocycles. The second-order valence-corrected chi connectivity index (χ2v) is 11.5. The maximum Gasteiger partial charge on any atom is 2.00 e. The molecule has 7 rings (SSSR count). The molecule has 0 radical (unpaired) electrons. The van der Waals surface area contributed by atoms with E-state index >= 15 is 0 Å². The zero-order chi connectivity index (χ0) is 37.0. The summed E-state index contributed by atoms with van der Waals surface area (Å²) in [4.78, 5) is 24.1. The molecule has 264 valence electrons. The second-order valence-electron chi connectivity index (χ2n) is 9.97. The number of halogens is 2. The molecule has 5 aromatic heterocycles. The maximum absolute atomic E-state index is 8.49. The molecule has 0 N–H and O–H groups in total. The molecule has 0 aliphatic carbocycles. The summed E-state index contributed by atoms with van der Waals surface area (Å²) in [6.07, 6.45) is 3.63. The monoisotopic (exact) mass is 782 g/mol. The summed E-state index contributed by atoms with van der Waals surface area (Å²) in [5.41, 5.74) is 8.77. The van der Waals surface area contributed by atoms with Crippen LogP contribution < -0.4 is 37.3 Å². The first-order chi connectivity index (χ1) is 24.2. The Labute approximate surface area is 311 Å². The molecule has 7 aromatic rings. The van der Waals surface area contributed by atoms with Crippen molar-refractivity contribution >= 4 is 21.8 Å². The summed E-state index contributed by atoms with van der Waals surface area (Å²) < 4.78 is 67.9. The van der Waals surface area contributed by atoms with Crippen LogP contribution >= 0.6 is 0 Å². The molecule has 0 aliphatic heterocycles. The minimum Gasteiger partial charge on any atom is -0.256 e. The molecule has 0 atom stereocenters. The zero-order valence-corrected chi connectivity index (χ0v) is 29.3. The number of fused-ring (bicyclic) bond motifs is 2. The third-order valence-electron chi connectivity index (χ3n) is 6.59. The van der Waals surface area contributed by atoms with E-state index in [1.54, 1.807) is 6.07 Å². The van der Waals surface area contributed by atoms with E-state index in [0.29, 0.717) is 0 Å². The van der Waals surface area contributed by atoms with E-state index in [9.17, 15) is 0 Å². The Kier molecular flexibility index (Phi) is 15.1. The van der Waals surface area contributed by atoms with Crippen LogP contribution in [0.15, 0.2) is 128 Å². The average molecular weight is 783 g/mol. The average Bonchev–Trinajstić information content (AvgIpc) is 3.10. The van der Waals surface area contributed by atoms with Crippen LogP contribution in [-0.2, 0) is 17.1 Å². The molecule has 14 nitrogen and oxygen atoms in total. The maximum atomic E-state index is 8.49. The molecule has 52 heavy (non-hydrogen) atoms. The van der Waals surface area contributed by atoms with Gasteiger partial charge in [-0.15, -0.1) is 20.5 Å². The normalized spacial score (nSPS) is 10.6. The van der Waals surface area contributed by atoms with Gasteiger partial charge in [0.15, 0.2) is 0 Å². The van der Waals surface area contributed by atoms with Gasteiger partial charge in [0.1, 0.15) is 0 Å². The van der Waals surface area contributed by atoms with Crippen LogP contribution in [0, 0.1) is 31.8 Å². The Morgan fingerprint density at radius 1 is 0.442 bits per heavy atom. The topological polar surface area (TPSA) is 273 Å². The molecule has 0 amide bonds. The van der Waals surface area contributed by atoms with Crippen LogP contribution in [0.3, 0.4) is 0 Å². The predicted octanol–water partition coefficient (Wildman–Crippen LogP) is -1.35. The van der Waals surface area contributed by atoms with E-state index in [0.717, 1.165) is 67.1 Å². The Balaban J connectivity index is 0.000000453. The Bertz CT molecular complexity index is 2110. The van der Waals surface area contributed by atoms with Crippen molar-refractivity contribution < 1.29 is 74.8 Å². The summed E-state index contributed by atoms with van der Waals surface area (Å²) in [5, 5.41) is 9.49. The van der Waals surface area contributed by atoms with Gasteiger partial charge in [0.2, 0.25) is 0 Å². The predicted molar refractivity (Wildman–Crippen MR) is 163 cm³/mol. The van der Waals surface area contributed by atoms with Crippen LogP contribution in [0.2, 0.25) is 0 Å². The van der Waals surface area contributed by atoms with Gasteiger partial charge in [0.25, 0.3) is 0 Å². The van der Waals surface area contributed by atoms with Gasteiger partial charge in [-0.3, -0.25) is 9.97 Å².